The van der Waals surface area contributed by atoms with Gasteiger partial charge in [0.15, 0.2) is 12.6 Å². The third-order valence-corrected chi connectivity index (χ3v) is 2.49. The van der Waals surface area contributed by atoms with Crippen molar-refractivity contribution in [1.82, 2.24) is 0 Å². The summed E-state index contributed by atoms with van der Waals surface area (Å²) in [6, 6.07) is 0. The second kappa shape index (κ2) is 15.1. The third kappa shape index (κ3) is 12.0. The Morgan fingerprint density at radius 2 is 0.958 bits per heavy atom. The zero-order valence-electron chi connectivity index (χ0n) is 14.8. The fourth-order valence-corrected chi connectivity index (χ4v) is 1.56. The van der Waals surface area contributed by atoms with Crippen LogP contribution in [0.2, 0.25) is 0 Å². The van der Waals surface area contributed by atoms with Crippen LogP contribution in [0, 0.1) is 0 Å². The van der Waals surface area contributed by atoms with E-state index >= 15 is 0 Å². The molecule has 0 rings (SSSR count). The molecule has 0 saturated heterocycles. The molecule has 8 nitrogen and oxygen atoms in total. The number of hydrogen-bond acceptors (Lipinski definition) is 8. The molecule has 0 heterocycles. The quantitative estimate of drug-likeness (QED) is 0.265. The topological polar surface area (TPSA) is 89.5 Å². The lowest BCUT2D eigenvalue weighted by molar-refractivity contribution is -0.177. The van der Waals surface area contributed by atoms with E-state index in [1.807, 2.05) is 27.7 Å². The average molecular weight is 348 g/mol. The number of esters is 2. The molecule has 0 bridgehead atoms. The Bertz CT molecular complexity index is 323. The van der Waals surface area contributed by atoms with Gasteiger partial charge in [-0.15, -0.1) is 0 Å². The van der Waals surface area contributed by atoms with Gasteiger partial charge in [0, 0.05) is 38.6 Å². The lowest BCUT2D eigenvalue weighted by Gasteiger charge is -2.16. The number of carbonyl (C=O) groups is 2. The first-order chi connectivity index (χ1) is 11.6. The minimum atomic E-state index is -0.692. The average Bonchev–Trinajstić information content (AvgIpc) is 2.56. The molecule has 0 fully saturated rings. The van der Waals surface area contributed by atoms with Crippen LogP contribution in [-0.2, 0) is 38.0 Å². The van der Waals surface area contributed by atoms with E-state index in [4.69, 9.17) is 28.4 Å². The fourth-order valence-electron chi connectivity index (χ4n) is 1.56. The minimum Gasteiger partial charge on any atom is -0.457 e. The Kier molecular flexibility index (Phi) is 14.1. The molecule has 0 N–H and O–H groups in total. The van der Waals surface area contributed by atoms with Crippen molar-refractivity contribution in [3.8, 4) is 0 Å². The SMILES string of the molecule is CCOC(COC(=O)/C=C\C(=O)OCC(OCC)OCC)OCC. The normalized spacial score (nSPS) is 11.4. The van der Waals surface area contributed by atoms with Crippen molar-refractivity contribution < 1.29 is 38.0 Å². The van der Waals surface area contributed by atoms with Crippen LogP contribution < -0.4 is 0 Å². The van der Waals surface area contributed by atoms with E-state index in [0.29, 0.717) is 26.4 Å². The Labute approximate surface area is 143 Å². The van der Waals surface area contributed by atoms with Crippen molar-refractivity contribution in [3.05, 3.63) is 12.2 Å². The van der Waals surface area contributed by atoms with Crippen molar-refractivity contribution in [2.24, 2.45) is 0 Å². The van der Waals surface area contributed by atoms with Crippen molar-refractivity contribution in [2.75, 3.05) is 39.6 Å². The summed E-state index contributed by atoms with van der Waals surface area (Å²) in [7, 11) is 0. The highest BCUT2D eigenvalue weighted by Crippen LogP contribution is 1.99. The molecular formula is C16H28O8. The van der Waals surface area contributed by atoms with Crippen LogP contribution in [0.3, 0.4) is 0 Å². The molecule has 0 radical (unpaired) electrons. The van der Waals surface area contributed by atoms with E-state index in [-0.39, 0.29) is 13.2 Å². The van der Waals surface area contributed by atoms with Crippen LogP contribution in [0.5, 0.6) is 0 Å². The molecule has 0 aromatic carbocycles. The highest BCUT2D eigenvalue weighted by atomic mass is 16.7. The first-order valence-electron chi connectivity index (χ1n) is 8.05. The third-order valence-electron chi connectivity index (χ3n) is 2.49. The molecule has 0 unspecified atom stereocenters. The van der Waals surface area contributed by atoms with Gasteiger partial charge in [-0.05, 0) is 27.7 Å². The zero-order chi connectivity index (χ0) is 18.2. The number of rotatable bonds is 14. The molecule has 24 heavy (non-hydrogen) atoms. The van der Waals surface area contributed by atoms with E-state index in [1.165, 1.54) is 0 Å². The maximum atomic E-state index is 11.5. The van der Waals surface area contributed by atoms with Gasteiger partial charge in [0.2, 0.25) is 0 Å². The standard InChI is InChI=1S/C16H28O8/c1-5-19-15(20-6-2)11-23-13(17)9-10-14(18)24-12-16(21-7-3)22-8-4/h9-10,15-16H,5-8,11-12H2,1-4H3/b10-9-. The summed E-state index contributed by atoms with van der Waals surface area (Å²) in [6.07, 6.45) is 0.714. The molecule has 0 amide bonds. The van der Waals surface area contributed by atoms with Gasteiger partial charge in [-0.1, -0.05) is 0 Å². The Morgan fingerprint density at radius 1 is 0.667 bits per heavy atom. The predicted molar refractivity (Wildman–Crippen MR) is 85.1 cm³/mol. The second-order valence-electron chi connectivity index (χ2n) is 4.27. The summed E-state index contributed by atoms with van der Waals surface area (Å²) < 4.78 is 30.8. The summed E-state index contributed by atoms with van der Waals surface area (Å²) in [6.45, 7) is 8.85. The van der Waals surface area contributed by atoms with Gasteiger partial charge < -0.3 is 28.4 Å². The highest BCUT2D eigenvalue weighted by Gasteiger charge is 2.12. The van der Waals surface area contributed by atoms with Gasteiger partial charge >= 0.3 is 11.9 Å². The molecule has 0 atom stereocenters. The molecule has 0 aromatic heterocycles. The first kappa shape index (κ1) is 22.5. The number of carbonyl (C=O) groups excluding carboxylic acids is 2. The Balaban J connectivity index is 4.12. The van der Waals surface area contributed by atoms with E-state index < -0.39 is 24.5 Å². The maximum absolute atomic E-state index is 11.5. The number of hydrogen-bond donors (Lipinski definition) is 0. The van der Waals surface area contributed by atoms with Gasteiger partial charge in [0.05, 0.1) is 0 Å². The summed E-state index contributed by atoms with van der Waals surface area (Å²) in [5.41, 5.74) is 0. The van der Waals surface area contributed by atoms with Crippen LogP contribution >= 0.6 is 0 Å². The largest absolute Gasteiger partial charge is 0.457 e. The van der Waals surface area contributed by atoms with Crippen molar-refractivity contribution in [3.63, 3.8) is 0 Å². The van der Waals surface area contributed by atoms with Crippen molar-refractivity contribution in [2.45, 2.75) is 40.3 Å². The van der Waals surface area contributed by atoms with Gasteiger partial charge in [-0.3, -0.25) is 0 Å². The molecule has 0 aromatic rings. The first-order valence-corrected chi connectivity index (χ1v) is 8.05. The summed E-state index contributed by atoms with van der Waals surface area (Å²) >= 11 is 0. The van der Waals surface area contributed by atoms with Gasteiger partial charge in [-0.25, -0.2) is 9.59 Å². The van der Waals surface area contributed by atoms with Crippen LogP contribution in [0.4, 0.5) is 0 Å². The molecule has 0 aliphatic heterocycles. The lowest BCUT2D eigenvalue weighted by atomic mass is 10.5. The second-order valence-corrected chi connectivity index (χ2v) is 4.27. The lowest BCUT2D eigenvalue weighted by Crippen LogP contribution is -2.25. The monoisotopic (exact) mass is 348 g/mol. The van der Waals surface area contributed by atoms with E-state index in [2.05, 4.69) is 0 Å². The summed E-state index contributed by atoms with van der Waals surface area (Å²) in [4.78, 5) is 23.1. The van der Waals surface area contributed by atoms with E-state index in [0.717, 1.165) is 12.2 Å². The molecular weight excluding hydrogens is 320 g/mol. The van der Waals surface area contributed by atoms with Crippen molar-refractivity contribution in [1.29, 1.82) is 0 Å². The highest BCUT2D eigenvalue weighted by molar-refractivity contribution is 5.91. The Morgan fingerprint density at radius 3 is 1.21 bits per heavy atom. The predicted octanol–water partition coefficient (Wildman–Crippen LogP) is 1.43. The molecule has 8 heteroatoms. The summed E-state index contributed by atoms with van der Waals surface area (Å²) in [5.74, 6) is -1.38. The zero-order valence-corrected chi connectivity index (χ0v) is 14.8. The minimum absolute atomic E-state index is 0.0589. The van der Waals surface area contributed by atoms with Gasteiger partial charge in [-0.2, -0.15) is 0 Å². The molecule has 0 spiro atoms. The molecule has 0 aliphatic carbocycles. The van der Waals surface area contributed by atoms with Crippen molar-refractivity contribution >= 4 is 11.9 Å². The Hall–Kier alpha value is -1.48. The summed E-state index contributed by atoms with van der Waals surface area (Å²) in [5, 5.41) is 0. The van der Waals surface area contributed by atoms with E-state index in [1.54, 1.807) is 0 Å². The van der Waals surface area contributed by atoms with Crippen LogP contribution in [0.25, 0.3) is 0 Å². The van der Waals surface area contributed by atoms with Crippen LogP contribution in [0.15, 0.2) is 12.2 Å². The maximum Gasteiger partial charge on any atom is 0.331 e. The fraction of sp³-hybridized carbons (Fsp3) is 0.750. The van der Waals surface area contributed by atoms with E-state index in [9.17, 15) is 9.59 Å². The smallest absolute Gasteiger partial charge is 0.331 e. The van der Waals surface area contributed by atoms with Gasteiger partial charge in [0.25, 0.3) is 0 Å². The molecule has 0 aliphatic rings. The van der Waals surface area contributed by atoms with Crippen LogP contribution in [0.1, 0.15) is 27.7 Å². The van der Waals surface area contributed by atoms with Crippen LogP contribution in [-0.4, -0.2) is 64.2 Å². The van der Waals surface area contributed by atoms with Gasteiger partial charge in [0.1, 0.15) is 13.2 Å². The molecule has 0 saturated carbocycles. The number of ether oxygens (including phenoxy) is 6. The molecule has 140 valence electrons.